The largest absolute Gasteiger partial charge is 0.344 e. The Morgan fingerprint density at radius 3 is 2.67 bits per heavy atom. The molecule has 1 heterocycles. The van der Waals surface area contributed by atoms with Gasteiger partial charge >= 0.3 is 0 Å². The van der Waals surface area contributed by atoms with E-state index in [-0.39, 0.29) is 0 Å². The molecule has 2 nitrogen and oxygen atoms in total. The molecule has 0 spiro atoms. The molecule has 0 radical (unpaired) electrons. The Kier molecular flexibility index (Phi) is 2.35. The molecule has 15 heavy (non-hydrogen) atoms. The maximum absolute atomic E-state index is 11.0. The highest BCUT2D eigenvalue weighted by molar-refractivity contribution is 5.98. The van der Waals surface area contributed by atoms with E-state index < -0.39 is 0 Å². The molecule has 0 fully saturated rings. The Morgan fingerprint density at radius 2 is 2.07 bits per heavy atom. The average molecular weight is 201 g/mol. The van der Waals surface area contributed by atoms with E-state index in [9.17, 15) is 4.79 Å². The third-order valence-electron chi connectivity index (χ3n) is 2.77. The second kappa shape index (κ2) is 3.54. The standard InChI is InChI=1S/C13H15NO/c1-9(2)14-7-11(8-15)12-6-4-5-10(3)13(12)14/h4-9H,1-3H3. The van der Waals surface area contributed by atoms with Gasteiger partial charge in [-0.15, -0.1) is 0 Å². The minimum absolute atomic E-state index is 0.377. The summed E-state index contributed by atoms with van der Waals surface area (Å²) >= 11 is 0. The van der Waals surface area contributed by atoms with Gasteiger partial charge in [0.15, 0.2) is 6.29 Å². The van der Waals surface area contributed by atoms with Gasteiger partial charge in [-0.1, -0.05) is 18.2 Å². The number of aryl methyl sites for hydroxylation is 1. The fraction of sp³-hybridized carbons (Fsp3) is 0.308. The number of carbonyl (C=O) groups excluding carboxylic acids is 1. The Balaban J connectivity index is 2.87. The van der Waals surface area contributed by atoms with Gasteiger partial charge in [0.25, 0.3) is 0 Å². The maximum Gasteiger partial charge on any atom is 0.152 e. The lowest BCUT2D eigenvalue weighted by Gasteiger charge is -2.10. The topological polar surface area (TPSA) is 22.0 Å². The summed E-state index contributed by atoms with van der Waals surface area (Å²) in [6, 6.07) is 6.46. The van der Waals surface area contributed by atoms with Gasteiger partial charge in [-0.25, -0.2) is 0 Å². The smallest absolute Gasteiger partial charge is 0.152 e. The van der Waals surface area contributed by atoms with Crippen molar-refractivity contribution in [1.82, 2.24) is 4.57 Å². The molecule has 2 rings (SSSR count). The molecule has 0 amide bonds. The number of hydrogen-bond acceptors (Lipinski definition) is 1. The average Bonchev–Trinajstić information content (AvgIpc) is 2.58. The van der Waals surface area contributed by atoms with Crippen LogP contribution in [0.5, 0.6) is 0 Å². The lowest BCUT2D eigenvalue weighted by Crippen LogP contribution is -1.99. The van der Waals surface area contributed by atoms with E-state index in [1.54, 1.807) is 0 Å². The number of aldehydes is 1. The highest BCUT2D eigenvalue weighted by atomic mass is 16.1. The van der Waals surface area contributed by atoms with E-state index in [1.807, 2.05) is 18.3 Å². The van der Waals surface area contributed by atoms with Crippen molar-refractivity contribution >= 4 is 17.2 Å². The minimum atomic E-state index is 0.377. The highest BCUT2D eigenvalue weighted by Crippen LogP contribution is 2.26. The fourth-order valence-corrected chi connectivity index (χ4v) is 2.02. The van der Waals surface area contributed by atoms with Crippen LogP contribution in [-0.2, 0) is 0 Å². The molecule has 0 saturated carbocycles. The summed E-state index contributed by atoms with van der Waals surface area (Å²) in [5, 5.41) is 1.05. The normalized spacial score (nSPS) is 11.2. The molecule has 1 aromatic carbocycles. The molecule has 0 aliphatic carbocycles. The molecular formula is C13H15NO. The van der Waals surface area contributed by atoms with Crippen molar-refractivity contribution in [2.45, 2.75) is 26.8 Å². The van der Waals surface area contributed by atoms with Gasteiger partial charge in [-0.05, 0) is 26.3 Å². The van der Waals surface area contributed by atoms with Gasteiger partial charge in [0.05, 0.1) is 5.52 Å². The van der Waals surface area contributed by atoms with E-state index in [2.05, 4.69) is 31.4 Å². The van der Waals surface area contributed by atoms with Crippen LogP contribution in [0.25, 0.3) is 10.9 Å². The number of hydrogen-bond donors (Lipinski definition) is 0. The van der Waals surface area contributed by atoms with Crippen molar-refractivity contribution in [2.75, 3.05) is 0 Å². The van der Waals surface area contributed by atoms with Gasteiger partial charge in [0, 0.05) is 23.2 Å². The Hall–Kier alpha value is -1.57. The van der Waals surface area contributed by atoms with Crippen LogP contribution >= 0.6 is 0 Å². The third kappa shape index (κ3) is 1.46. The van der Waals surface area contributed by atoms with Gasteiger partial charge in [-0.3, -0.25) is 4.79 Å². The van der Waals surface area contributed by atoms with E-state index in [0.717, 1.165) is 17.2 Å². The van der Waals surface area contributed by atoms with Gasteiger partial charge in [0.1, 0.15) is 0 Å². The summed E-state index contributed by atoms with van der Waals surface area (Å²) < 4.78 is 2.16. The Bertz CT molecular complexity index is 508. The Morgan fingerprint density at radius 1 is 1.33 bits per heavy atom. The first-order chi connectivity index (χ1) is 7.15. The third-order valence-corrected chi connectivity index (χ3v) is 2.77. The van der Waals surface area contributed by atoms with Crippen LogP contribution < -0.4 is 0 Å². The van der Waals surface area contributed by atoms with Crippen molar-refractivity contribution in [3.63, 3.8) is 0 Å². The zero-order chi connectivity index (χ0) is 11.0. The summed E-state index contributed by atoms with van der Waals surface area (Å²) in [7, 11) is 0. The van der Waals surface area contributed by atoms with Crippen molar-refractivity contribution in [1.29, 1.82) is 0 Å². The first-order valence-corrected chi connectivity index (χ1v) is 5.20. The number of aromatic nitrogens is 1. The molecule has 0 saturated heterocycles. The van der Waals surface area contributed by atoms with Crippen LogP contribution in [0.1, 0.15) is 35.8 Å². The van der Waals surface area contributed by atoms with Crippen molar-refractivity contribution in [2.24, 2.45) is 0 Å². The van der Waals surface area contributed by atoms with Crippen molar-refractivity contribution in [3.8, 4) is 0 Å². The van der Waals surface area contributed by atoms with Crippen molar-refractivity contribution in [3.05, 3.63) is 35.5 Å². The van der Waals surface area contributed by atoms with E-state index >= 15 is 0 Å². The molecule has 0 aliphatic heterocycles. The summed E-state index contributed by atoms with van der Waals surface area (Å²) in [5.41, 5.74) is 3.17. The molecule has 0 bridgehead atoms. The van der Waals surface area contributed by atoms with Gasteiger partial charge in [0.2, 0.25) is 0 Å². The van der Waals surface area contributed by atoms with Crippen molar-refractivity contribution < 1.29 is 4.79 Å². The molecule has 0 unspecified atom stereocenters. The lowest BCUT2D eigenvalue weighted by atomic mass is 10.1. The number of carbonyl (C=O) groups is 1. The predicted octanol–water partition coefficient (Wildman–Crippen LogP) is 3.34. The van der Waals surface area contributed by atoms with Gasteiger partial charge in [-0.2, -0.15) is 0 Å². The maximum atomic E-state index is 11.0. The van der Waals surface area contributed by atoms with Crippen LogP contribution in [0.3, 0.4) is 0 Å². The quantitative estimate of drug-likeness (QED) is 0.683. The first-order valence-electron chi connectivity index (χ1n) is 5.20. The van der Waals surface area contributed by atoms with Crippen LogP contribution in [0, 0.1) is 6.92 Å². The van der Waals surface area contributed by atoms with Crippen LogP contribution in [0.4, 0.5) is 0 Å². The molecule has 0 atom stereocenters. The number of fused-ring (bicyclic) bond motifs is 1. The number of rotatable bonds is 2. The van der Waals surface area contributed by atoms with E-state index in [4.69, 9.17) is 0 Å². The summed E-state index contributed by atoms with van der Waals surface area (Å²) in [6.45, 7) is 6.33. The fourth-order valence-electron chi connectivity index (χ4n) is 2.02. The van der Waals surface area contributed by atoms with Crippen LogP contribution in [-0.4, -0.2) is 10.9 Å². The summed E-state index contributed by atoms with van der Waals surface area (Å²) in [5.74, 6) is 0. The minimum Gasteiger partial charge on any atom is -0.344 e. The summed E-state index contributed by atoms with van der Waals surface area (Å²) in [4.78, 5) is 11.0. The zero-order valence-electron chi connectivity index (χ0n) is 9.32. The van der Waals surface area contributed by atoms with E-state index in [1.165, 1.54) is 11.1 Å². The lowest BCUT2D eigenvalue weighted by molar-refractivity contribution is 0.112. The Labute approximate surface area is 89.5 Å². The van der Waals surface area contributed by atoms with E-state index in [0.29, 0.717) is 6.04 Å². The SMILES string of the molecule is Cc1cccc2c(C=O)cn(C(C)C)c12. The molecule has 0 N–H and O–H groups in total. The number of para-hydroxylation sites is 1. The second-order valence-corrected chi connectivity index (χ2v) is 4.17. The highest BCUT2D eigenvalue weighted by Gasteiger charge is 2.11. The van der Waals surface area contributed by atoms with Crippen LogP contribution in [0.2, 0.25) is 0 Å². The molecular weight excluding hydrogens is 186 g/mol. The monoisotopic (exact) mass is 201 g/mol. The molecule has 2 aromatic rings. The first kappa shape index (κ1) is 9.97. The van der Waals surface area contributed by atoms with Crippen LogP contribution in [0.15, 0.2) is 24.4 Å². The molecule has 78 valence electrons. The molecule has 1 aromatic heterocycles. The summed E-state index contributed by atoms with van der Waals surface area (Å²) in [6.07, 6.45) is 2.87. The second-order valence-electron chi connectivity index (χ2n) is 4.17. The van der Waals surface area contributed by atoms with Gasteiger partial charge < -0.3 is 4.57 Å². The zero-order valence-corrected chi connectivity index (χ0v) is 9.32. The molecule has 0 aliphatic rings. The number of benzene rings is 1. The molecule has 2 heteroatoms. The predicted molar refractivity (Wildman–Crippen MR) is 62.4 cm³/mol. The number of nitrogens with zero attached hydrogens (tertiary/aromatic N) is 1.